The molecule has 0 bridgehead atoms. The number of hydrogen-bond acceptors (Lipinski definition) is 7. The van der Waals surface area contributed by atoms with Crippen LogP contribution in [0.2, 0.25) is 0 Å². The molecule has 1 aliphatic carbocycles. The number of carboxylic acid groups (broad SMARTS) is 1. The van der Waals surface area contributed by atoms with Gasteiger partial charge in [0.05, 0.1) is 6.61 Å². The summed E-state index contributed by atoms with van der Waals surface area (Å²) in [6, 6.07) is 15.0. The topological polar surface area (TPSA) is 111 Å². The number of esters is 1. The van der Waals surface area contributed by atoms with E-state index in [4.69, 9.17) is 14.2 Å². The average Bonchev–Trinajstić information content (AvgIpc) is 3.49. The zero-order chi connectivity index (χ0) is 38.6. The summed E-state index contributed by atoms with van der Waals surface area (Å²) in [4.78, 5) is 37.8. The van der Waals surface area contributed by atoms with Crippen LogP contribution in [0.1, 0.15) is 159 Å². The highest BCUT2D eigenvalue weighted by Crippen LogP contribution is 2.44. The number of nitrogens with one attached hydrogen (secondary N) is 1. The predicted octanol–water partition coefficient (Wildman–Crippen LogP) is 11.5. The van der Waals surface area contributed by atoms with E-state index in [0.717, 1.165) is 54.4 Å². The highest BCUT2D eigenvalue weighted by molar-refractivity contribution is 7.99. The van der Waals surface area contributed by atoms with Crippen LogP contribution in [-0.2, 0) is 23.8 Å². The standard InChI is InChI=1S/C45H69NO7S/c1-3-5-7-9-11-13-15-17-19-25-31-51-32-36(53-43(47)30-20-18-16-14-12-10-8-6-4-2)34-54-35-42(44(48)49)46-45(50)52-33-41-39-28-23-21-26-37(39)38-27-22-24-29-40(38)41/h21-24,26-29,36,41-42H,3-20,25,30-35H2,1-2H3,(H,46,50)(H,48,49). The number of thioether (sulfide) groups is 1. The molecule has 8 nitrogen and oxygen atoms in total. The van der Waals surface area contributed by atoms with Gasteiger partial charge in [0.1, 0.15) is 18.8 Å². The van der Waals surface area contributed by atoms with E-state index in [9.17, 15) is 19.5 Å². The predicted molar refractivity (Wildman–Crippen MR) is 221 cm³/mol. The lowest BCUT2D eigenvalue weighted by Gasteiger charge is -2.20. The summed E-state index contributed by atoms with van der Waals surface area (Å²) in [5, 5.41) is 12.5. The second-order valence-corrected chi connectivity index (χ2v) is 15.9. The van der Waals surface area contributed by atoms with E-state index in [-0.39, 0.29) is 30.9 Å². The second-order valence-electron chi connectivity index (χ2n) is 14.8. The smallest absolute Gasteiger partial charge is 0.407 e. The molecule has 0 saturated heterocycles. The van der Waals surface area contributed by atoms with Gasteiger partial charge in [-0.05, 0) is 35.1 Å². The van der Waals surface area contributed by atoms with Crippen LogP contribution in [0, 0.1) is 0 Å². The van der Waals surface area contributed by atoms with Crippen molar-refractivity contribution in [2.75, 3.05) is 31.3 Å². The van der Waals surface area contributed by atoms with Crippen LogP contribution in [0.3, 0.4) is 0 Å². The van der Waals surface area contributed by atoms with Crippen molar-refractivity contribution in [3.8, 4) is 11.1 Å². The molecule has 2 aromatic rings. The highest BCUT2D eigenvalue weighted by Gasteiger charge is 2.30. The largest absolute Gasteiger partial charge is 0.480 e. The maximum Gasteiger partial charge on any atom is 0.407 e. The Kier molecular flexibility index (Phi) is 23.8. The van der Waals surface area contributed by atoms with E-state index >= 15 is 0 Å². The number of hydrogen-bond donors (Lipinski definition) is 2. The fraction of sp³-hybridized carbons (Fsp3) is 0.667. The molecule has 3 rings (SSSR count). The molecule has 2 aromatic carbocycles. The minimum absolute atomic E-state index is 0.101. The lowest BCUT2D eigenvalue weighted by molar-refractivity contribution is -0.151. The van der Waals surface area contributed by atoms with Gasteiger partial charge in [-0.15, -0.1) is 0 Å². The van der Waals surface area contributed by atoms with Gasteiger partial charge >= 0.3 is 18.0 Å². The molecular formula is C45H69NO7S. The summed E-state index contributed by atoms with van der Waals surface area (Å²) in [5.41, 5.74) is 4.42. The van der Waals surface area contributed by atoms with E-state index in [0.29, 0.717) is 18.8 Å². The van der Waals surface area contributed by atoms with Crippen molar-refractivity contribution in [3.63, 3.8) is 0 Å². The summed E-state index contributed by atoms with van der Waals surface area (Å²) in [7, 11) is 0. The number of alkyl carbamates (subject to hydrolysis) is 1. The van der Waals surface area contributed by atoms with Gasteiger partial charge in [-0.3, -0.25) is 4.79 Å². The van der Waals surface area contributed by atoms with Gasteiger partial charge in [0.25, 0.3) is 0 Å². The first-order valence-corrected chi connectivity index (χ1v) is 22.3. The Bertz CT molecular complexity index is 1290. The quantitative estimate of drug-likeness (QED) is 0.0559. The Balaban J connectivity index is 1.41. The molecule has 9 heteroatoms. The highest BCUT2D eigenvalue weighted by atomic mass is 32.2. The molecular weight excluding hydrogens is 699 g/mol. The lowest BCUT2D eigenvalue weighted by Crippen LogP contribution is -2.43. The Morgan fingerprint density at radius 1 is 0.685 bits per heavy atom. The number of ether oxygens (including phenoxy) is 3. The first-order chi connectivity index (χ1) is 26.4. The van der Waals surface area contributed by atoms with Gasteiger partial charge in [-0.2, -0.15) is 11.8 Å². The SMILES string of the molecule is CCCCCCCCCCCCOCC(CSCC(NC(=O)OCC1c2ccccc2-c2ccccc21)C(=O)O)OC(=O)CCCCCCCCCCC. The molecule has 0 spiro atoms. The van der Waals surface area contributed by atoms with Crippen LogP contribution < -0.4 is 5.32 Å². The second kappa shape index (κ2) is 28.4. The molecule has 2 N–H and O–H groups in total. The molecule has 2 unspecified atom stereocenters. The molecule has 1 aliphatic rings. The van der Waals surface area contributed by atoms with Crippen molar-refractivity contribution in [1.82, 2.24) is 5.32 Å². The van der Waals surface area contributed by atoms with E-state index in [1.807, 2.05) is 36.4 Å². The monoisotopic (exact) mass is 767 g/mol. The molecule has 0 aromatic heterocycles. The van der Waals surface area contributed by atoms with Crippen LogP contribution in [0.5, 0.6) is 0 Å². The van der Waals surface area contributed by atoms with Gasteiger partial charge in [-0.1, -0.05) is 172 Å². The third-order valence-corrected chi connectivity index (χ3v) is 11.4. The number of carbonyl (C=O) groups is 3. The van der Waals surface area contributed by atoms with Gasteiger partial charge in [-0.25, -0.2) is 9.59 Å². The molecule has 2 atom stereocenters. The summed E-state index contributed by atoms with van der Waals surface area (Å²) < 4.78 is 17.4. The number of rotatable bonds is 32. The minimum Gasteiger partial charge on any atom is -0.480 e. The van der Waals surface area contributed by atoms with Gasteiger partial charge in [0.15, 0.2) is 0 Å². The van der Waals surface area contributed by atoms with E-state index < -0.39 is 24.2 Å². The van der Waals surface area contributed by atoms with Gasteiger partial charge in [0.2, 0.25) is 0 Å². The zero-order valence-corrected chi connectivity index (χ0v) is 34.1. The number of unbranched alkanes of at least 4 members (excludes halogenated alkanes) is 17. The molecule has 0 aliphatic heterocycles. The number of fused-ring (bicyclic) bond motifs is 3. The molecule has 1 amide bonds. The molecule has 0 heterocycles. The van der Waals surface area contributed by atoms with Crippen molar-refractivity contribution in [3.05, 3.63) is 59.7 Å². The Morgan fingerprint density at radius 2 is 1.19 bits per heavy atom. The van der Waals surface area contributed by atoms with Crippen LogP contribution in [0.25, 0.3) is 11.1 Å². The van der Waals surface area contributed by atoms with E-state index in [2.05, 4.69) is 31.3 Å². The third kappa shape index (κ3) is 18.1. The first kappa shape index (κ1) is 45.4. The zero-order valence-electron chi connectivity index (χ0n) is 33.3. The fourth-order valence-electron chi connectivity index (χ4n) is 7.12. The van der Waals surface area contributed by atoms with Gasteiger partial charge in [0, 0.05) is 30.5 Å². The summed E-state index contributed by atoms with van der Waals surface area (Å²) in [5.74, 6) is -1.03. The molecule has 54 heavy (non-hydrogen) atoms. The number of carboxylic acids is 1. The molecule has 0 radical (unpaired) electrons. The number of aliphatic carboxylic acids is 1. The Hall–Kier alpha value is -3.04. The van der Waals surface area contributed by atoms with Crippen molar-refractivity contribution >= 4 is 29.8 Å². The molecule has 0 saturated carbocycles. The van der Waals surface area contributed by atoms with Crippen LogP contribution in [0.15, 0.2) is 48.5 Å². The first-order valence-electron chi connectivity index (χ1n) is 21.1. The van der Waals surface area contributed by atoms with Gasteiger partial charge < -0.3 is 24.6 Å². The normalized spacial score (nSPS) is 13.2. The molecule has 302 valence electrons. The Morgan fingerprint density at radius 3 is 1.72 bits per heavy atom. The van der Waals surface area contributed by atoms with Crippen LogP contribution in [0.4, 0.5) is 4.79 Å². The summed E-state index contributed by atoms with van der Waals surface area (Å²) in [6.45, 7) is 5.45. The number of amides is 1. The van der Waals surface area contributed by atoms with Crippen molar-refractivity contribution in [1.29, 1.82) is 0 Å². The number of benzene rings is 2. The minimum atomic E-state index is -1.16. The number of carbonyl (C=O) groups excluding carboxylic acids is 2. The lowest BCUT2D eigenvalue weighted by atomic mass is 9.98. The molecule has 0 fully saturated rings. The van der Waals surface area contributed by atoms with Crippen molar-refractivity contribution in [2.45, 2.75) is 160 Å². The summed E-state index contributed by atoms with van der Waals surface area (Å²) >= 11 is 1.33. The summed E-state index contributed by atoms with van der Waals surface area (Å²) in [6.07, 6.45) is 22.2. The van der Waals surface area contributed by atoms with Crippen LogP contribution >= 0.6 is 11.8 Å². The van der Waals surface area contributed by atoms with Crippen molar-refractivity contribution < 1.29 is 33.7 Å². The maximum absolute atomic E-state index is 12.9. The average molecular weight is 768 g/mol. The fourth-order valence-corrected chi connectivity index (χ4v) is 8.15. The van der Waals surface area contributed by atoms with E-state index in [1.165, 1.54) is 102 Å². The maximum atomic E-state index is 12.9. The third-order valence-electron chi connectivity index (χ3n) is 10.3. The van der Waals surface area contributed by atoms with Crippen LogP contribution in [-0.4, -0.2) is 66.6 Å². The van der Waals surface area contributed by atoms with E-state index in [1.54, 1.807) is 0 Å². The van der Waals surface area contributed by atoms with Crippen molar-refractivity contribution in [2.24, 2.45) is 0 Å². The Labute approximate surface area is 330 Å².